The van der Waals surface area contributed by atoms with Crippen molar-refractivity contribution in [2.24, 2.45) is 11.8 Å². The summed E-state index contributed by atoms with van der Waals surface area (Å²) in [6.07, 6.45) is 12.5. The highest BCUT2D eigenvalue weighted by molar-refractivity contribution is 5.12. The summed E-state index contributed by atoms with van der Waals surface area (Å²) in [4.78, 5) is 0. The number of rotatable bonds is 5. The van der Waals surface area contributed by atoms with E-state index < -0.39 is 0 Å². The van der Waals surface area contributed by atoms with Crippen LogP contribution in [0.5, 0.6) is 0 Å². The fourth-order valence-corrected chi connectivity index (χ4v) is 2.91. The van der Waals surface area contributed by atoms with Crippen LogP contribution in [-0.4, -0.2) is 22.4 Å². The molecule has 0 spiro atoms. The van der Waals surface area contributed by atoms with Crippen LogP contribution in [-0.2, 0) is 6.54 Å². The molecule has 2 aliphatic rings. The van der Waals surface area contributed by atoms with Gasteiger partial charge in [-0.2, -0.15) is 5.10 Å². The molecule has 1 N–H and O–H groups in total. The van der Waals surface area contributed by atoms with Gasteiger partial charge in [0.25, 0.3) is 0 Å². The van der Waals surface area contributed by atoms with Gasteiger partial charge in [-0.1, -0.05) is 12.2 Å². The minimum absolute atomic E-state index is 0.751. The highest BCUT2D eigenvalue weighted by Crippen LogP contribution is 2.42. The van der Waals surface area contributed by atoms with Gasteiger partial charge in [0, 0.05) is 25.0 Å². The van der Waals surface area contributed by atoms with Crippen LogP contribution in [0.15, 0.2) is 30.6 Å². The van der Waals surface area contributed by atoms with Gasteiger partial charge in [-0.15, -0.1) is 0 Å². The molecule has 2 aliphatic carbocycles. The largest absolute Gasteiger partial charge is 0.313 e. The molecule has 1 aromatic heterocycles. The SMILES string of the molecule is C1=CC2C(C1)CC2NCCCn1cccn1. The van der Waals surface area contributed by atoms with Gasteiger partial charge < -0.3 is 5.32 Å². The lowest BCUT2D eigenvalue weighted by molar-refractivity contribution is 0.163. The maximum absolute atomic E-state index is 4.20. The molecule has 0 amide bonds. The number of hydrogen-bond donors (Lipinski definition) is 1. The summed E-state index contributed by atoms with van der Waals surface area (Å²) >= 11 is 0. The number of allylic oxidation sites excluding steroid dienone is 1. The number of fused-ring (bicyclic) bond motifs is 1. The first kappa shape index (κ1) is 10.1. The first-order valence-corrected chi connectivity index (χ1v) is 6.31. The van der Waals surface area contributed by atoms with Crippen LogP contribution in [0.4, 0.5) is 0 Å². The average molecular weight is 217 g/mol. The Bertz CT molecular complexity index is 355. The molecule has 0 saturated heterocycles. The molecule has 0 aliphatic heterocycles. The van der Waals surface area contributed by atoms with Crippen molar-refractivity contribution < 1.29 is 0 Å². The Balaban J connectivity index is 1.34. The summed E-state index contributed by atoms with van der Waals surface area (Å²) in [5.74, 6) is 1.80. The van der Waals surface area contributed by atoms with Crippen molar-refractivity contribution in [1.82, 2.24) is 15.1 Å². The summed E-state index contributed by atoms with van der Waals surface area (Å²) in [6.45, 7) is 2.14. The zero-order valence-corrected chi connectivity index (χ0v) is 9.55. The smallest absolute Gasteiger partial charge is 0.0489 e. The summed E-state index contributed by atoms with van der Waals surface area (Å²) in [6, 6.07) is 2.73. The van der Waals surface area contributed by atoms with E-state index in [0.29, 0.717) is 0 Å². The predicted octanol–water partition coefficient (Wildman–Crippen LogP) is 1.83. The molecule has 1 heterocycles. The van der Waals surface area contributed by atoms with E-state index in [1.807, 2.05) is 23.1 Å². The third-order valence-corrected chi connectivity index (χ3v) is 3.89. The van der Waals surface area contributed by atoms with E-state index in [-0.39, 0.29) is 0 Å². The van der Waals surface area contributed by atoms with Crippen molar-refractivity contribution in [1.29, 1.82) is 0 Å². The molecule has 3 nitrogen and oxygen atoms in total. The third-order valence-electron chi connectivity index (χ3n) is 3.89. The molecule has 0 bridgehead atoms. The molecule has 3 heteroatoms. The number of aryl methyl sites for hydroxylation is 1. The van der Waals surface area contributed by atoms with Gasteiger partial charge in [-0.25, -0.2) is 0 Å². The van der Waals surface area contributed by atoms with Crippen molar-refractivity contribution in [3.05, 3.63) is 30.6 Å². The number of nitrogens with zero attached hydrogens (tertiary/aromatic N) is 2. The standard InChI is InChI=1S/C13H19N3/c1-4-11-10-13(12(11)5-1)14-6-2-8-16-9-3-7-15-16/h1,3,5,7,9,11-14H,2,4,6,8,10H2. The quantitative estimate of drug-likeness (QED) is 0.602. The van der Waals surface area contributed by atoms with Crippen LogP contribution in [0.3, 0.4) is 0 Å². The fraction of sp³-hybridized carbons (Fsp3) is 0.615. The van der Waals surface area contributed by atoms with Crippen LogP contribution in [0, 0.1) is 11.8 Å². The number of nitrogens with one attached hydrogen (secondary N) is 1. The Morgan fingerprint density at radius 1 is 1.44 bits per heavy atom. The lowest BCUT2D eigenvalue weighted by atomic mass is 9.71. The number of aromatic nitrogens is 2. The third kappa shape index (κ3) is 1.92. The summed E-state index contributed by atoms with van der Waals surface area (Å²) in [5.41, 5.74) is 0. The van der Waals surface area contributed by atoms with E-state index in [1.165, 1.54) is 19.3 Å². The zero-order valence-electron chi connectivity index (χ0n) is 9.55. The average Bonchev–Trinajstić information content (AvgIpc) is 2.88. The zero-order chi connectivity index (χ0) is 10.8. The van der Waals surface area contributed by atoms with Gasteiger partial charge in [0.1, 0.15) is 0 Å². The second kappa shape index (κ2) is 4.42. The lowest BCUT2D eigenvalue weighted by Gasteiger charge is -2.40. The second-order valence-electron chi connectivity index (χ2n) is 4.92. The van der Waals surface area contributed by atoms with Gasteiger partial charge in [-0.05, 0) is 43.7 Å². The molecule has 86 valence electrons. The maximum atomic E-state index is 4.20. The molecule has 1 fully saturated rings. The normalized spacial score (nSPS) is 31.4. The van der Waals surface area contributed by atoms with E-state index in [0.717, 1.165) is 31.0 Å². The molecular formula is C13H19N3. The molecule has 1 saturated carbocycles. The van der Waals surface area contributed by atoms with Gasteiger partial charge in [0.2, 0.25) is 0 Å². The van der Waals surface area contributed by atoms with Gasteiger partial charge in [-0.3, -0.25) is 4.68 Å². The molecule has 3 atom stereocenters. The van der Waals surface area contributed by atoms with Crippen molar-refractivity contribution in [2.75, 3.05) is 6.54 Å². The molecule has 1 aromatic rings. The van der Waals surface area contributed by atoms with Gasteiger partial charge >= 0.3 is 0 Å². The van der Waals surface area contributed by atoms with Crippen LogP contribution >= 0.6 is 0 Å². The number of hydrogen-bond acceptors (Lipinski definition) is 2. The van der Waals surface area contributed by atoms with Gasteiger partial charge in [0.15, 0.2) is 0 Å². The Kier molecular flexibility index (Phi) is 2.79. The van der Waals surface area contributed by atoms with E-state index in [2.05, 4.69) is 22.6 Å². The second-order valence-corrected chi connectivity index (χ2v) is 4.92. The molecule has 0 radical (unpaired) electrons. The van der Waals surface area contributed by atoms with E-state index in [9.17, 15) is 0 Å². The van der Waals surface area contributed by atoms with Crippen molar-refractivity contribution in [2.45, 2.75) is 31.8 Å². The molecule has 3 unspecified atom stereocenters. The highest BCUT2D eigenvalue weighted by atomic mass is 15.3. The first-order chi connectivity index (χ1) is 7.93. The van der Waals surface area contributed by atoms with Crippen LogP contribution in [0.2, 0.25) is 0 Å². The Labute approximate surface area is 96.5 Å². The van der Waals surface area contributed by atoms with E-state index in [1.54, 1.807) is 0 Å². The summed E-state index contributed by atoms with van der Waals surface area (Å²) < 4.78 is 2.00. The molecule has 3 rings (SSSR count). The van der Waals surface area contributed by atoms with Crippen LogP contribution < -0.4 is 5.32 Å². The predicted molar refractivity (Wildman–Crippen MR) is 64.0 cm³/mol. The minimum atomic E-state index is 0.751. The monoisotopic (exact) mass is 217 g/mol. The lowest BCUT2D eigenvalue weighted by Crippen LogP contribution is -2.48. The van der Waals surface area contributed by atoms with Crippen molar-refractivity contribution in [3.63, 3.8) is 0 Å². The van der Waals surface area contributed by atoms with Crippen molar-refractivity contribution >= 4 is 0 Å². The summed E-state index contributed by atoms with van der Waals surface area (Å²) in [7, 11) is 0. The Morgan fingerprint density at radius 2 is 2.44 bits per heavy atom. The van der Waals surface area contributed by atoms with Crippen LogP contribution in [0.1, 0.15) is 19.3 Å². The maximum Gasteiger partial charge on any atom is 0.0489 e. The van der Waals surface area contributed by atoms with Gasteiger partial charge in [0.05, 0.1) is 0 Å². The molecule has 16 heavy (non-hydrogen) atoms. The van der Waals surface area contributed by atoms with Crippen LogP contribution in [0.25, 0.3) is 0 Å². The Morgan fingerprint density at radius 3 is 3.25 bits per heavy atom. The van der Waals surface area contributed by atoms with E-state index >= 15 is 0 Å². The minimum Gasteiger partial charge on any atom is -0.313 e. The molecular weight excluding hydrogens is 198 g/mol. The molecule has 0 aromatic carbocycles. The highest BCUT2D eigenvalue weighted by Gasteiger charge is 2.40. The first-order valence-electron chi connectivity index (χ1n) is 6.31. The fourth-order valence-electron chi connectivity index (χ4n) is 2.91. The summed E-state index contributed by atoms with van der Waals surface area (Å²) in [5, 5.41) is 7.86. The van der Waals surface area contributed by atoms with Crippen molar-refractivity contribution in [3.8, 4) is 0 Å². The van der Waals surface area contributed by atoms with E-state index in [4.69, 9.17) is 0 Å². The Hall–Kier alpha value is -1.09. The topological polar surface area (TPSA) is 29.9 Å².